The van der Waals surface area contributed by atoms with Crippen molar-refractivity contribution >= 4 is 12.2 Å². The first-order chi connectivity index (χ1) is 9.78. The van der Waals surface area contributed by atoms with E-state index >= 15 is 0 Å². The maximum Gasteiger partial charge on any atom is 0.235 e. The number of rotatable bonds is 8. The molecule has 0 saturated heterocycles. The van der Waals surface area contributed by atoms with Crippen LogP contribution in [-0.2, 0) is 9.59 Å². The van der Waals surface area contributed by atoms with E-state index in [4.69, 9.17) is 0 Å². The molecule has 0 N–H and O–H groups in total. The summed E-state index contributed by atoms with van der Waals surface area (Å²) in [6.07, 6.45) is 6.68. The Labute approximate surface area is 119 Å². The fourth-order valence-electron chi connectivity index (χ4n) is 2.37. The minimum Gasteiger partial charge on any atom is -0.211 e. The van der Waals surface area contributed by atoms with E-state index in [0.29, 0.717) is 0 Å². The van der Waals surface area contributed by atoms with E-state index in [1.165, 1.54) is 0 Å². The molecular weight excluding hydrogens is 252 g/mol. The van der Waals surface area contributed by atoms with Gasteiger partial charge in [0.25, 0.3) is 0 Å². The van der Waals surface area contributed by atoms with Gasteiger partial charge < -0.3 is 0 Å². The van der Waals surface area contributed by atoms with E-state index in [1.807, 2.05) is 38.1 Å². The smallest absolute Gasteiger partial charge is 0.211 e. The lowest BCUT2D eigenvalue weighted by Crippen LogP contribution is -2.05. The molecule has 0 amide bonds. The molecule has 1 rings (SSSR count). The predicted octanol–water partition coefficient (Wildman–Crippen LogP) is 4.04. The SMILES string of the molecule is CCCC(N=C=O)c1ccccc1C(CCC)N=C=O. The summed E-state index contributed by atoms with van der Waals surface area (Å²) in [6.45, 7) is 4.09. The standard InChI is InChI=1S/C16H20N2O2/c1-3-7-15(17-11-19)13-9-5-6-10-14(13)16(8-4-2)18-12-20/h5-6,9-10,15-16H,3-4,7-8H2,1-2H3. The number of isocyanates is 2. The predicted molar refractivity (Wildman–Crippen MR) is 78.0 cm³/mol. The molecule has 0 radical (unpaired) electrons. The third-order valence-electron chi connectivity index (χ3n) is 3.26. The lowest BCUT2D eigenvalue weighted by molar-refractivity contribution is 0.542. The summed E-state index contributed by atoms with van der Waals surface area (Å²) in [5, 5.41) is 0. The van der Waals surface area contributed by atoms with Gasteiger partial charge in [-0.25, -0.2) is 9.59 Å². The van der Waals surface area contributed by atoms with Crippen LogP contribution in [0.2, 0.25) is 0 Å². The van der Waals surface area contributed by atoms with E-state index in [9.17, 15) is 9.59 Å². The molecule has 0 aliphatic carbocycles. The van der Waals surface area contributed by atoms with Crippen LogP contribution in [0.1, 0.15) is 62.7 Å². The second-order valence-electron chi connectivity index (χ2n) is 4.68. The largest absolute Gasteiger partial charge is 0.235 e. The third kappa shape index (κ3) is 4.27. The van der Waals surface area contributed by atoms with Crippen LogP contribution < -0.4 is 0 Å². The molecular formula is C16H20N2O2. The Morgan fingerprint density at radius 1 is 0.900 bits per heavy atom. The highest BCUT2D eigenvalue weighted by Gasteiger charge is 2.19. The highest BCUT2D eigenvalue weighted by molar-refractivity contribution is 5.41. The van der Waals surface area contributed by atoms with Gasteiger partial charge in [0, 0.05) is 0 Å². The van der Waals surface area contributed by atoms with Gasteiger partial charge in [-0.3, -0.25) is 0 Å². The fourth-order valence-corrected chi connectivity index (χ4v) is 2.37. The number of hydrogen-bond acceptors (Lipinski definition) is 4. The van der Waals surface area contributed by atoms with Gasteiger partial charge in [0.1, 0.15) is 0 Å². The summed E-state index contributed by atoms with van der Waals surface area (Å²) in [4.78, 5) is 29.0. The Balaban J connectivity index is 3.25. The fraction of sp³-hybridized carbons (Fsp3) is 0.500. The number of hydrogen-bond donors (Lipinski definition) is 0. The van der Waals surface area contributed by atoms with Crippen LogP contribution in [0.5, 0.6) is 0 Å². The number of benzene rings is 1. The minimum atomic E-state index is -0.213. The van der Waals surface area contributed by atoms with Crippen molar-refractivity contribution in [1.29, 1.82) is 0 Å². The van der Waals surface area contributed by atoms with Crippen LogP contribution in [0.15, 0.2) is 34.3 Å². The Kier molecular flexibility index (Phi) is 7.20. The summed E-state index contributed by atoms with van der Waals surface area (Å²) in [7, 11) is 0. The van der Waals surface area contributed by atoms with Gasteiger partial charge in [0.15, 0.2) is 0 Å². The highest BCUT2D eigenvalue weighted by atomic mass is 16.1. The van der Waals surface area contributed by atoms with Gasteiger partial charge in [-0.2, -0.15) is 9.98 Å². The van der Waals surface area contributed by atoms with Crippen LogP contribution in [0.4, 0.5) is 0 Å². The quantitative estimate of drug-likeness (QED) is 0.529. The molecule has 0 fully saturated rings. The Morgan fingerprint density at radius 2 is 1.30 bits per heavy atom. The van der Waals surface area contributed by atoms with Crippen molar-refractivity contribution in [2.24, 2.45) is 9.98 Å². The highest BCUT2D eigenvalue weighted by Crippen LogP contribution is 2.32. The van der Waals surface area contributed by atoms with Crippen molar-refractivity contribution in [3.63, 3.8) is 0 Å². The van der Waals surface area contributed by atoms with Crippen molar-refractivity contribution < 1.29 is 9.59 Å². The number of carbonyl (C=O) groups excluding carboxylic acids is 2. The van der Waals surface area contributed by atoms with E-state index in [1.54, 1.807) is 12.2 Å². The van der Waals surface area contributed by atoms with Gasteiger partial charge in [-0.15, -0.1) is 0 Å². The summed E-state index contributed by atoms with van der Waals surface area (Å²) >= 11 is 0. The average molecular weight is 272 g/mol. The molecule has 0 spiro atoms. The molecule has 0 aliphatic heterocycles. The Morgan fingerprint density at radius 3 is 1.60 bits per heavy atom. The zero-order chi connectivity index (χ0) is 14.8. The first kappa shape index (κ1) is 16.0. The van der Waals surface area contributed by atoms with Crippen molar-refractivity contribution in [3.05, 3.63) is 35.4 Å². The van der Waals surface area contributed by atoms with Gasteiger partial charge in [0.2, 0.25) is 12.2 Å². The minimum absolute atomic E-state index is 0.213. The molecule has 4 nitrogen and oxygen atoms in total. The molecule has 4 heteroatoms. The monoisotopic (exact) mass is 272 g/mol. The molecule has 0 aliphatic rings. The van der Waals surface area contributed by atoms with Gasteiger partial charge >= 0.3 is 0 Å². The summed E-state index contributed by atoms with van der Waals surface area (Å²) in [5.41, 5.74) is 1.91. The Hall–Kier alpha value is -2.02. The molecule has 0 heterocycles. The van der Waals surface area contributed by atoms with Crippen LogP contribution in [-0.4, -0.2) is 12.2 Å². The van der Waals surface area contributed by atoms with Crippen molar-refractivity contribution in [3.8, 4) is 0 Å². The average Bonchev–Trinajstić information content (AvgIpc) is 2.47. The maximum absolute atomic E-state index is 10.6. The van der Waals surface area contributed by atoms with Gasteiger partial charge in [-0.05, 0) is 24.0 Å². The lowest BCUT2D eigenvalue weighted by Gasteiger charge is -2.18. The zero-order valence-corrected chi connectivity index (χ0v) is 12.0. The zero-order valence-electron chi connectivity index (χ0n) is 12.0. The molecule has 0 aromatic heterocycles. The second kappa shape index (κ2) is 8.98. The van der Waals surface area contributed by atoms with E-state index in [2.05, 4.69) is 9.98 Å². The summed E-state index contributed by atoms with van der Waals surface area (Å²) in [5.74, 6) is 0. The first-order valence-electron chi connectivity index (χ1n) is 7.01. The van der Waals surface area contributed by atoms with Crippen molar-refractivity contribution in [2.45, 2.75) is 51.6 Å². The molecule has 0 bridgehead atoms. The van der Waals surface area contributed by atoms with E-state index in [0.717, 1.165) is 36.8 Å². The lowest BCUT2D eigenvalue weighted by atomic mass is 9.91. The number of nitrogens with zero attached hydrogens (tertiary/aromatic N) is 2. The van der Waals surface area contributed by atoms with Crippen molar-refractivity contribution in [1.82, 2.24) is 0 Å². The summed E-state index contributed by atoms with van der Waals surface area (Å²) < 4.78 is 0. The van der Waals surface area contributed by atoms with Crippen LogP contribution >= 0.6 is 0 Å². The molecule has 2 atom stereocenters. The molecule has 20 heavy (non-hydrogen) atoms. The van der Waals surface area contributed by atoms with E-state index in [-0.39, 0.29) is 12.1 Å². The van der Waals surface area contributed by atoms with E-state index < -0.39 is 0 Å². The van der Waals surface area contributed by atoms with Crippen LogP contribution in [0.3, 0.4) is 0 Å². The molecule has 0 saturated carbocycles. The van der Waals surface area contributed by atoms with Crippen molar-refractivity contribution in [2.75, 3.05) is 0 Å². The maximum atomic E-state index is 10.6. The van der Waals surface area contributed by atoms with Crippen LogP contribution in [0.25, 0.3) is 0 Å². The third-order valence-corrected chi connectivity index (χ3v) is 3.26. The molecule has 1 aromatic rings. The summed E-state index contributed by atoms with van der Waals surface area (Å²) in [6, 6.07) is 7.29. The molecule has 106 valence electrons. The van der Waals surface area contributed by atoms with Gasteiger partial charge in [-0.1, -0.05) is 51.0 Å². The molecule has 1 aromatic carbocycles. The van der Waals surface area contributed by atoms with Crippen LogP contribution in [0, 0.1) is 0 Å². The molecule has 2 unspecified atom stereocenters. The Bertz CT molecular complexity index is 468. The normalized spacial score (nSPS) is 12.9. The second-order valence-corrected chi connectivity index (χ2v) is 4.68. The topological polar surface area (TPSA) is 58.9 Å². The first-order valence-corrected chi connectivity index (χ1v) is 7.01. The van der Waals surface area contributed by atoms with Gasteiger partial charge in [0.05, 0.1) is 12.1 Å². The number of aliphatic imine (C=N–C) groups is 2.